The van der Waals surface area contributed by atoms with Gasteiger partial charge in [0.2, 0.25) is 0 Å². The second-order valence-corrected chi connectivity index (χ2v) is 8.90. The van der Waals surface area contributed by atoms with Crippen LogP contribution in [0.4, 0.5) is 0 Å². The number of guanidine groups is 1. The predicted molar refractivity (Wildman–Crippen MR) is 117 cm³/mol. The van der Waals surface area contributed by atoms with E-state index in [-0.39, 0.29) is 0 Å². The highest BCUT2D eigenvalue weighted by molar-refractivity contribution is 5.80. The first kappa shape index (κ1) is 20.6. The van der Waals surface area contributed by atoms with Gasteiger partial charge in [-0.1, -0.05) is 18.9 Å². The van der Waals surface area contributed by atoms with Crippen molar-refractivity contribution in [1.82, 2.24) is 20.5 Å². The van der Waals surface area contributed by atoms with E-state index in [9.17, 15) is 0 Å². The molecule has 1 aromatic heterocycles. The molecule has 2 aliphatic carbocycles. The first-order valence-corrected chi connectivity index (χ1v) is 11.5. The van der Waals surface area contributed by atoms with Crippen molar-refractivity contribution in [2.24, 2.45) is 10.4 Å². The molecule has 0 amide bonds. The van der Waals surface area contributed by atoms with Crippen LogP contribution in [0.3, 0.4) is 0 Å². The molecule has 2 unspecified atom stereocenters. The van der Waals surface area contributed by atoms with Crippen LogP contribution in [0.2, 0.25) is 0 Å². The minimum absolute atomic E-state index is 0.333. The van der Waals surface area contributed by atoms with Crippen molar-refractivity contribution in [1.29, 1.82) is 0 Å². The maximum atomic E-state index is 6.06. The molecule has 2 heterocycles. The van der Waals surface area contributed by atoms with Crippen LogP contribution in [-0.4, -0.2) is 60.8 Å². The van der Waals surface area contributed by atoms with E-state index in [1.54, 1.807) is 0 Å². The number of nitrogens with one attached hydrogen (secondary N) is 2. The summed E-state index contributed by atoms with van der Waals surface area (Å²) >= 11 is 0. The summed E-state index contributed by atoms with van der Waals surface area (Å²) in [5, 5.41) is 7.46. The third-order valence-electron chi connectivity index (χ3n) is 7.26. The Hall–Kier alpha value is -1.66. The fraction of sp³-hybridized carbons (Fsp3) is 0.739. The Morgan fingerprint density at radius 3 is 2.69 bits per heavy atom. The minimum atomic E-state index is 0.333. The van der Waals surface area contributed by atoms with E-state index in [1.165, 1.54) is 25.7 Å². The molecule has 29 heavy (non-hydrogen) atoms. The SMILES string of the molecule is CCOC1CC(NC(=NC)NC2CCN(Cc3ccccn3)CC2)C12CCCC2. The van der Waals surface area contributed by atoms with Gasteiger partial charge in [-0.05, 0) is 51.2 Å². The lowest BCUT2D eigenvalue weighted by molar-refractivity contribution is -0.125. The van der Waals surface area contributed by atoms with Crippen LogP contribution in [-0.2, 0) is 11.3 Å². The number of pyridine rings is 1. The molecule has 2 N–H and O–H groups in total. The number of hydrogen-bond acceptors (Lipinski definition) is 4. The zero-order chi connectivity index (χ0) is 20.1. The number of ether oxygens (including phenoxy) is 1. The van der Waals surface area contributed by atoms with Crippen molar-refractivity contribution < 1.29 is 4.74 Å². The van der Waals surface area contributed by atoms with E-state index in [0.29, 0.717) is 23.6 Å². The topological polar surface area (TPSA) is 61.8 Å². The number of nitrogens with zero attached hydrogens (tertiary/aromatic N) is 3. The Bertz CT molecular complexity index is 665. The molecule has 2 saturated carbocycles. The maximum Gasteiger partial charge on any atom is 0.191 e. The second-order valence-electron chi connectivity index (χ2n) is 8.90. The molecule has 1 spiro atoms. The number of rotatable bonds is 6. The van der Waals surface area contributed by atoms with Crippen LogP contribution in [0.1, 0.15) is 57.6 Å². The Morgan fingerprint density at radius 2 is 2.03 bits per heavy atom. The molecule has 2 atom stereocenters. The highest BCUT2D eigenvalue weighted by atomic mass is 16.5. The number of piperidine rings is 1. The standard InChI is InChI=1S/C23H37N5O/c1-3-29-21-16-20(23(21)11-5-6-12-23)27-22(24-2)26-18-9-14-28(15-10-18)17-19-8-4-7-13-25-19/h4,7-8,13,18,20-21H,3,5-6,9-12,14-17H2,1-2H3,(H2,24,26,27). The summed E-state index contributed by atoms with van der Waals surface area (Å²) in [7, 11) is 1.89. The lowest BCUT2D eigenvalue weighted by Crippen LogP contribution is -2.65. The van der Waals surface area contributed by atoms with Crippen molar-refractivity contribution in [2.75, 3.05) is 26.7 Å². The molecule has 160 valence electrons. The van der Waals surface area contributed by atoms with E-state index < -0.39 is 0 Å². The van der Waals surface area contributed by atoms with Crippen molar-refractivity contribution in [2.45, 2.75) is 76.6 Å². The predicted octanol–water partition coefficient (Wildman–Crippen LogP) is 2.95. The molecule has 3 fully saturated rings. The summed E-state index contributed by atoms with van der Waals surface area (Å²) in [6, 6.07) is 7.15. The van der Waals surface area contributed by atoms with Gasteiger partial charge in [-0.3, -0.25) is 14.9 Å². The third-order valence-corrected chi connectivity index (χ3v) is 7.26. The lowest BCUT2D eigenvalue weighted by Gasteiger charge is -2.54. The number of likely N-dealkylation sites (tertiary alicyclic amines) is 1. The molecule has 0 bridgehead atoms. The molecule has 3 aliphatic rings. The summed E-state index contributed by atoms with van der Waals surface area (Å²) in [5.74, 6) is 0.972. The van der Waals surface area contributed by atoms with E-state index >= 15 is 0 Å². The average Bonchev–Trinajstić information content (AvgIpc) is 3.27. The van der Waals surface area contributed by atoms with Crippen LogP contribution in [0.25, 0.3) is 0 Å². The smallest absolute Gasteiger partial charge is 0.191 e. The van der Waals surface area contributed by atoms with Gasteiger partial charge in [0, 0.05) is 57.0 Å². The molecule has 1 aliphatic heterocycles. The van der Waals surface area contributed by atoms with Crippen molar-refractivity contribution in [3.05, 3.63) is 30.1 Å². The number of aromatic nitrogens is 1. The Kier molecular flexibility index (Phi) is 6.70. The van der Waals surface area contributed by atoms with Crippen LogP contribution in [0.5, 0.6) is 0 Å². The zero-order valence-electron chi connectivity index (χ0n) is 18.1. The second kappa shape index (κ2) is 9.43. The Morgan fingerprint density at radius 1 is 1.24 bits per heavy atom. The van der Waals surface area contributed by atoms with Gasteiger partial charge in [0.25, 0.3) is 0 Å². The molecule has 6 nitrogen and oxygen atoms in total. The largest absolute Gasteiger partial charge is 0.378 e. The first-order chi connectivity index (χ1) is 14.2. The van der Waals surface area contributed by atoms with Gasteiger partial charge in [-0.25, -0.2) is 0 Å². The fourth-order valence-corrected chi connectivity index (χ4v) is 5.57. The quantitative estimate of drug-likeness (QED) is 0.569. The maximum absolute atomic E-state index is 6.06. The minimum Gasteiger partial charge on any atom is -0.378 e. The van der Waals surface area contributed by atoms with Gasteiger partial charge in [0.15, 0.2) is 5.96 Å². The number of aliphatic imine (C=N–C) groups is 1. The fourth-order valence-electron chi connectivity index (χ4n) is 5.57. The number of hydrogen-bond donors (Lipinski definition) is 2. The molecule has 0 radical (unpaired) electrons. The van der Waals surface area contributed by atoms with Gasteiger partial charge in [0.1, 0.15) is 0 Å². The van der Waals surface area contributed by atoms with Crippen molar-refractivity contribution >= 4 is 5.96 Å². The van der Waals surface area contributed by atoms with Crippen LogP contribution < -0.4 is 10.6 Å². The molecule has 6 heteroatoms. The van der Waals surface area contributed by atoms with Gasteiger partial charge < -0.3 is 15.4 Å². The molecule has 4 rings (SSSR count). The van der Waals surface area contributed by atoms with E-state index in [4.69, 9.17) is 4.74 Å². The van der Waals surface area contributed by atoms with E-state index in [1.807, 2.05) is 19.3 Å². The van der Waals surface area contributed by atoms with Gasteiger partial charge in [-0.2, -0.15) is 0 Å². The van der Waals surface area contributed by atoms with Gasteiger partial charge >= 0.3 is 0 Å². The normalized spacial score (nSPS) is 27.7. The molecule has 1 saturated heterocycles. The average molecular weight is 400 g/mol. The third kappa shape index (κ3) is 4.58. The monoisotopic (exact) mass is 399 g/mol. The highest BCUT2D eigenvalue weighted by Crippen LogP contribution is 2.54. The molecule has 1 aromatic rings. The first-order valence-electron chi connectivity index (χ1n) is 11.5. The van der Waals surface area contributed by atoms with Crippen LogP contribution >= 0.6 is 0 Å². The molecule has 0 aromatic carbocycles. The van der Waals surface area contributed by atoms with E-state index in [2.05, 4.69) is 44.6 Å². The van der Waals surface area contributed by atoms with Gasteiger partial charge in [-0.15, -0.1) is 0 Å². The summed E-state index contributed by atoms with van der Waals surface area (Å²) in [6.07, 6.45) is 11.0. The Labute approximate surface area is 175 Å². The summed E-state index contributed by atoms with van der Waals surface area (Å²) in [5.41, 5.74) is 1.49. The summed E-state index contributed by atoms with van der Waals surface area (Å²) in [6.45, 7) is 6.09. The zero-order valence-corrected chi connectivity index (χ0v) is 18.1. The lowest BCUT2D eigenvalue weighted by atomic mass is 9.60. The van der Waals surface area contributed by atoms with Crippen LogP contribution in [0.15, 0.2) is 29.4 Å². The summed E-state index contributed by atoms with van der Waals surface area (Å²) in [4.78, 5) is 11.5. The van der Waals surface area contributed by atoms with Crippen molar-refractivity contribution in [3.63, 3.8) is 0 Å². The van der Waals surface area contributed by atoms with E-state index in [0.717, 1.165) is 57.2 Å². The Balaban J connectivity index is 1.25. The van der Waals surface area contributed by atoms with Crippen LogP contribution in [0, 0.1) is 5.41 Å². The summed E-state index contributed by atoms with van der Waals surface area (Å²) < 4.78 is 6.06. The molecular formula is C23H37N5O. The highest BCUT2D eigenvalue weighted by Gasteiger charge is 2.57. The van der Waals surface area contributed by atoms with Gasteiger partial charge in [0.05, 0.1) is 11.8 Å². The molecular weight excluding hydrogens is 362 g/mol. The van der Waals surface area contributed by atoms with Crippen molar-refractivity contribution in [3.8, 4) is 0 Å².